The molecule has 0 N–H and O–H groups in total. The van der Waals surface area contributed by atoms with Gasteiger partial charge in [-0.2, -0.15) is 26.3 Å². The second-order valence-corrected chi connectivity index (χ2v) is 7.75. The number of hydrogen-bond donors (Lipinski definition) is 0. The number of hydrogen-bond acceptors (Lipinski definition) is 4. The van der Waals surface area contributed by atoms with E-state index in [1.807, 2.05) is 0 Å². The molecule has 0 bridgehead atoms. The fraction of sp³-hybridized carbons (Fsp3) is 0.200. The highest BCUT2D eigenvalue weighted by Gasteiger charge is 2.39. The van der Waals surface area contributed by atoms with Crippen LogP contribution in [0.3, 0.4) is 0 Å². The van der Waals surface area contributed by atoms with Gasteiger partial charge in [0.2, 0.25) is 0 Å². The van der Waals surface area contributed by atoms with Gasteiger partial charge in [0.25, 0.3) is 0 Å². The molecule has 0 fully saturated rings. The lowest BCUT2D eigenvalue weighted by Crippen LogP contribution is -2.31. The zero-order valence-corrected chi connectivity index (χ0v) is 18.7. The molecule has 0 amide bonds. The maximum absolute atomic E-state index is 14.4. The molecule has 0 saturated carbocycles. The minimum absolute atomic E-state index is 0.276. The Morgan fingerprint density at radius 2 is 1.11 bits per heavy atom. The van der Waals surface area contributed by atoms with Crippen molar-refractivity contribution in [1.82, 2.24) is 0 Å². The van der Waals surface area contributed by atoms with Crippen LogP contribution in [0.1, 0.15) is 27.6 Å². The van der Waals surface area contributed by atoms with Crippen molar-refractivity contribution in [2.24, 2.45) is 0 Å². The molecule has 3 aromatic carbocycles. The Balaban J connectivity index is 1.75. The van der Waals surface area contributed by atoms with Gasteiger partial charge in [-0.15, -0.1) is 0 Å². The van der Waals surface area contributed by atoms with Gasteiger partial charge in [0, 0.05) is 0 Å². The van der Waals surface area contributed by atoms with Crippen molar-refractivity contribution >= 4 is 11.9 Å². The van der Waals surface area contributed by atoms with Gasteiger partial charge in [-0.05, 0) is 53.4 Å². The highest BCUT2D eigenvalue weighted by Crippen LogP contribution is 2.29. The van der Waals surface area contributed by atoms with E-state index in [1.165, 1.54) is 36.4 Å². The van der Waals surface area contributed by atoms with Crippen LogP contribution in [0.25, 0.3) is 22.3 Å². The fourth-order valence-corrected chi connectivity index (χ4v) is 3.09. The van der Waals surface area contributed by atoms with Crippen molar-refractivity contribution in [2.45, 2.75) is 25.4 Å². The first-order valence-electron chi connectivity index (χ1n) is 10.4. The Morgan fingerprint density at radius 1 is 0.703 bits per heavy atom. The van der Waals surface area contributed by atoms with E-state index in [2.05, 4.69) is 9.47 Å². The van der Waals surface area contributed by atoms with E-state index < -0.39 is 59.8 Å². The van der Waals surface area contributed by atoms with E-state index in [1.54, 1.807) is 0 Å². The lowest BCUT2D eigenvalue weighted by molar-refractivity contribution is -0.198. The Morgan fingerprint density at radius 3 is 1.49 bits per heavy atom. The predicted octanol–water partition coefficient (Wildman–Crippen LogP) is 7.13. The van der Waals surface area contributed by atoms with E-state index in [9.17, 15) is 44.7 Å². The Labute approximate surface area is 204 Å². The molecule has 12 heteroatoms. The van der Waals surface area contributed by atoms with Crippen LogP contribution in [0.4, 0.5) is 35.1 Å². The van der Waals surface area contributed by atoms with Gasteiger partial charge in [-0.3, -0.25) is 0 Å². The van der Waals surface area contributed by atoms with Gasteiger partial charge in [0.15, 0.2) is 12.7 Å². The first-order chi connectivity index (χ1) is 17.2. The first kappa shape index (κ1) is 27.6. The predicted molar refractivity (Wildman–Crippen MR) is 115 cm³/mol. The molecule has 0 aliphatic rings. The largest absolute Gasteiger partial charge is 0.452 e. The highest BCUT2D eigenvalue weighted by molar-refractivity contribution is 5.91. The number of esters is 2. The third kappa shape index (κ3) is 7.05. The minimum atomic E-state index is -4.80. The summed E-state index contributed by atoms with van der Waals surface area (Å²) in [6.07, 6.45) is -12.0. The van der Waals surface area contributed by atoms with Crippen molar-refractivity contribution in [3.05, 3.63) is 83.4 Å². The van der Waals surface area contributed by atoms with Gasteiger partial charge in [-0.1, -0.05) is 36.4 Å². The fourth-order valence-electron chi connectivity index (χ4n) is 3.09. The van der Waals surface area contributed by atoms with E-state index in [4.69, 9.17) is 0 Å². The molecular formula is C25H16F8O4. The molecule has 0 aliphatic carbocycles. The van der Waals surface area contributed by atoms with Crippen LogP contribution in [-0.2, 0) is 9.47 Å². The van der Waals surface area contributed by atoms with Gasteiger partial charge in [0.05, 0.1) is 11.1 Å². The maximum atomic E-state index is 14.4. The lowest BCUT2D eigenvalue weighted by atomic mass is 9.98. The molecule has 0 aliphatic heterocycles. The quantitative estimate of drug-likeness (QED) is 0.251. The normalized spacial score (nSPS) is 12.7. The summed E-state index contributed by atoms with van der Waals surface area (Å²) in [7, 11) is 0. The van der Waals surface area contributed by atoms with Crippen LogP contribution in [0.5, 0.6) is 0 Å². The minimum Gasteiger partial charge on any atom is -0.452 e. The summed E-state index contributed by atoms with van der Waals surface area (Å²) in [5.41, 5.74) is 0.0840. The van der Waals surface area contributed by atoms with Crippen LogP contribution < -0.4 is 0 Å². The van der Waals surface area contributed by atoms with E-state index >= 15 is 0 Å². The monoisotopic (exact) mass is 532 g/mol. The van der Waals surface area contributed by atoms with Crippen molar-refractivity contribution in [3.8, 4) is 22.3 Å². The molecule has 3 rings (SSSR count). The van der Waals surface area contributed by atoms with Crippen LogP contribution in [-0.4, -0.2) is 37.0 Å². The van der Waals surface area contributed by atoms with Crippen molar-refractivity contribution < 1.29 is 54.2 Å². The smallest absolute Gasteiger partial charge is 0.425 e. The molecule has 0 aromatic heterocycles. The van der Waals surface area contributed by atoms with Gasteiger partial charge >= 0.3 is 24.3 Å². The molecule has 0 radical (unpaired) electrons. The summed E-state index contributed by atoms with van der Waals surface area (Å²) < 4.78 is 111. The molecule has 1 atom stereocenters. The van der Waals surface area contributed by atoms with Crippen molar-refractivity contribution in [2.75, 3.05) is 6.61 Å². The molecular weight excluding hydrogens is 516 g/mol. The van der Waals surface area contributed by atoms with Crippen LogP contribution >= 0.6 is 0 Å². The molecule has 0 spiro atoms. The molecule has 0 saturated heterocycles. The molecule has 0 heterocycles. The number of alkyl halides is 6. The number of carbonyl (C=O) groups excluding carboxylic acids is 2. The van der Waals surface area contributed by atoms with Gasteiger partial charge in [-0.25, -0.2) is 18.4 Å². The van der Waals surface area contributed by atoms with E-state index in [-0.39, 0.29) is 11.1 Å². The maximum Gasteiger partial charge on any atom is 0.425 e. The van der Waals surface area contributed by atoms with E-state index in [0.29, 0.717) is 18.1 Å². The topological polar surface area (TPSA) is 52.6 Å². The zero-order chi connectivity index (χ0) is 27.5. The second kappa shape index (κ2) is 10.6. The summed E-state index contributed by atoms with van der Waals surface area (Å²) in [4.78, 5) is 23.6. The third-order valence-corrected chi connectivity index (χ3v) is 5.04. The zero-order valence-electron chi connectivity index (χ0n) is 18.7. The Hall–Kier alpha value is -3.96. The Bertz CT molecular complexity index is 1300. The van der Waals surface area contributed by atoms with Gasteiger partial charge in [0.1, 0.15) is 11.6 Å². The molecule has 37 heavy (non-hydrogen) atoms. The summed E-state index contributed by atoms with van der Waals surface area (Å²) in [5, 5.41) is 0. The lowest BCUT2D eigenvalue weighted by Gasteiger charge is -2.16. The number of halogens is 8. The van der Waals surface area contributed by atoms with Crippen LogP contribution in [0, 0.1) is 11.6 Å². The van der Waals surface area contributed by atoms with E-state index in [0.717, 1.165) is 24.3 Å². The standard InChI is InChI=1S/C25H16F8O4/c1-13(25(31,32)33)37-23(35)19-9-7-17(11-21(19)27)15-4-2-14(3-5-15)16-6-8-18(20(26)10-16)22(34)36-12-24(28,29)30/h2-11,13H,12H2,1H3/t13-/m0/s1. The SMILES string of the molecule is C[C@H](OC(=O)c1ccc(-c2ccc(-c3ccc(C(=O)OCC(F)(F)F)c(F)c3)cc2)cc1F)C(F)(F)F. The Kier molecular flexibility index (Phi) is 7.89. The number of ether oxygens (including phenoxy) is 2. The summed E-state index contributed by atoms with van der Waals surface area (Å²) in [5.74, 6) is -5.15. The summed E-state index contributed by atoms with van der Waals surface area (Å²) >= 11 is 0. The van der Waals surface area contributed by atoms with Crippen LogP contribution in [0.15, 0.2) is 60.7 Å². The highest BCUT2D eigenvalue weighted by atomic mass is 19.4. The molecule has 3 aromatic rings. The molecule has 196 valence electrons. The van der Waals surface area contributed by atoms with Gasteiger partial charge < -0.3 is 9.47 Å². The third-order valence-electron chi connectivity index (χ3n) is 5.04. The average Bonchev–Trinajstić information content (AvgIpc) is 2.81. The molecule has 4 nitrogen and oxygen atoms in total. The molecule has 0 unspecified atom stereocenters. The number of carbonyl (C=O) groups is 2. The number of rotatable bonds is 6. The van der Waals surface area contributed by atoms with Crippen molar-refractivity contribution in [1.29, 1.82) is 0 Å². The second-order valence-electron chi connectivity index (χ2n) is 7.75. The number of benzene rings is 3. The van der Waals surface area contributed by atoms with Crippen molar-refractivity contribution in [3.63, 3.8) is 0 Å². The summed E-state index contributed by atoms with van der Waals surface area (Å²) in [6, 6.07) is 12.5. The summed E-state index contributed by atoms with van der Waals surface area (Å²) in [6.45, 7) is -1.24. The first-order valence-corrected chi connectivity index (χ1v) is 10.4. The van der Waals surface area contributed by atoms with Crippen LogP contribution in [0.2, 0.25) is 0 Å². The average molecular weight is 532 g/mol.